The third kappa shape index (κ3) is 7.28. The highest BCUT2D eigenvalue weighted by molar-refractivity contribution is 5.88. The second kappa shape index (κ2) is 10.7. The minimum atomic E-state index is -0.552. The van der Waals surface area contributed by atoms with Crippen LogP contribution >= 0.6 is 0 Å². The first-order valence-electron chi connectivity index (χ1n) is 8.59. The van der Waals surface area contributed by atoms with Crippen LogP contribution in [0.15, 0.2) is 36.4 Å². The fourth-order valence-electron chi connectivity index (χ4n) is 2.11. The SMILES string of the molecule is CCNC(=O)Nc1cccc(COCc2cccc(NC(=O)OCC)n2)n1. The van der Waals surface area contributed by atoms with Crippen molar-refractivity contribution in [3.8, 4) is 0 Å². The normalized spacial score (nSPS) is 10.1. The highest BCUT2D eigenvalue weighted by Gasteiger charge is 2.05. The second-order valence-electron chi connectivity index (χ2n) is 5.35. The molecule has 144 valence electrons. The van der Waals surface area contributed by atoms with Gasteiger partial charge in [-0.3, -0.25) is 10.6 Å². The molecule has 0 saturated heterocycles. The summed E-state index contributed by atoms with van der Waals surface area (Å²) in [5, 5.41) is 7.82. The molecule has 2 aromatic heterocycles. The smallest absolute Gasteiger partial charge is 0.412 e. The maximum Gasteiger partial charge on any atom is 0.412 e. The van der Waals surface area contributed by atoms with Gasteiger partial charge < -0.3 is 14.8 Å². The van der Waals surface area contributed by atoms with Crippen molar-refractivity contribution in [1.29, 1.82) is 0 Å². The lowest BCUT2D eigenvalue weighted by Gasteiger charge is -2.08. The third-order valence-corrected chi connectivity index (χ3v) is 3.20. The van der Waals surface area contributed by atoms with Crippen molar-refractivity contribution in [2.24, 2.45) is 0 Å². The average molecular weight is 373 g/mol. The van der Waals surface area contributed by atoms with Crippen LogP contribution < -0.4 is 16.0 Å². The number of hydrogen-bond donors (Lipinski definition) is 3. The number of anilines is 2. The van der Waals surface area contributed by atoms with E-state index in [0.717, 1.165) is 0 Å². The van der Waals surface area contributed by atoms with Gasteiger partial charge in [-0.25, -0.2) is 19.6 Å². The first-order valence-corrected chi connectivity index (χ1v) is 8.59. The van der Waals surface area contributed by atoms with Crippen molar-refractivity contribution in [1.82, 2.24) is 15.3 Å². The van der Waals surface area contributed by atoms with Gasteiger partial charge in [0.2, 0.25) is 0 Å². The molecule has 3 N–H and O–H groups in total. The molecule has 0 fully saturated rings. The number of rotatable bonds is 8. The fraction of sp³-hybridized carbons (Fsp3) is 0.333. The number of carbonyl (C=O) groups excluding carboxylic acids is 2. The van der Waals surface area contributed by atoms with Crippen molar-refractivity contribution in [2.45, 2.75) is 27.1 Å². The number of nitrogens with one attached hydrogen (secondary N) is 3. The minimum absolute atomic E-state index is 0.244. The predicted molar refractivity (Wildman–Crippen MR) is 100 cm³/mol. The van der Waals surface area contributed by atoms with Crippen LogP contribution in [0.3, 0.4) is 0 Å². The molecule has 2 heterocycles. The molecule has 27 heavy (non-hydrogen) atoms. The molecule has 9 heteroatoms. The van der Waals surface area contributed by atoms with Crippen LogP contribution in [0.5, 0.6) is 0 Å². The van der Waals surface area contributed by atoms with Gasteiger partial charge in [0, 0.05) is 6.54 Å². The molecule has 2 rings (SSSR count). The van der Waals surface area contributed by atoms with Gasteiger partial charge in [-0.15, -0.1) is 0 Å². The number of aromatic nitrogens is 2. The quantitative estimate of drug-likeness (QED) is 0.655. The largest absolute Gasteiger partial charge is 0.450 e. The van der Waals surface area contributed by atoms with Crippen LogP contribution in [0.25, 0.3) is 0 Å². The van der Waals surface area contributed by atoms with Gasteiger partial charge in [-0.1, -0.05) is 12.1 Å². The highest BCUT2D eigenvalue weighted by atomic mass is 16.5. The van der Waals surface area contributed by atoms with E-state index in [2.05, 4.69) is 25.9 Å². The number of ether oxygens (including phenoxy) is 2. The summed E-state index contributed by atoms with van der Waals surface area (Å²) in [5.74, 6) is 0.835. The zero-order chi connectivity index (χ0) is 19.5. The van der Waals surface area contributed by atoms with E-state index in [0.29, 0.717) is 29.6 Å². The summed E-state index contributed by atoms with van der Waals surface area (Å²) in [7, 11) is 0. The molecule has 0 aliphatic heterocycles. The Labute approximate surface area is 157 Å². The Bertz CT molecular complexity index is 705. The van der Waals surface area contributed by atoms with Gasteiger partial charge in [0.1, 0.15) is 11.6 Å². The zero-order valence-electron chi connectivity index (χ0n) is 15.3. The van der Waals surface area contributed by atoms with Gasteiger partial charge in [-0.2, -0.15) is 0 Å². The summed E-state index contributed by atoms with van der Waals surface area (Å²) in [5.41, 5.74) is 1.33. The van der Waals surface area contributed by atoms with Gasteiger partial charge in [0.15, 0.2) is 0 Å². The molecular formula is C18H23N5O4. The van der Waals surface area contributed by atoms with Gasteiger partial charge >= 0.3 is 12.1 Å². The lowest BCUT2D eigenvalue weighted by atomic mass is 10.3. The molecule has 0 unspecified atom stereocenters. The Kier molecular flexibility index (Phi) is 7.98. The predicted octanol–water partition coefficient (Wildman–Crippen LogP) is 2.90. The van der Waals surface area contributed by atoms with Crippen molar-refractivity contribution in [3.05, 3.63) is 47.8 Å². The van der Waals surface area contributed by atoms with Crippen LogP contribution in [0.1, 0.15) is 25.2 Å². The van der Waals surface area contributed by atoms with Crippen LogP contribution in [0.4, 0.5) is 21.2 Å². The van der Waals surface area contributed by atoms with E-state index < -0.39 is 6.09 Å². The number of urea groups is 1. The number of pyridine rings is 2. The summed E-state index contributed by atoms with van der Waals surface area (Å²) in [6.45, 7) is 4.88. The Hall–Kier alpha value is -3.20. The van der Waals surface area contributed by atoms with E-state index in [-0.39, 0.29) is 25.9 Å². The first-order chi connectivity index (χ1) is 13.1. The van der Waals surface area contributed by atoms with Crippen LogP contribution in [-0.4, -0.2) is 35.2 Å². The van der Waals surface area contributed by atoms with E-state index in [1.54, 1.807) is 43.3 Å². The monoisotopic (exact) mass is 373 g/mol. The maximum absolute atomic E-state index is 11.5. The molecular weight excluding hydrogens is 350 g/mol. The summed E-state index contributed by atoms with van der Waals surface area (Å²) in [6, 6.07) is 10.2. The molecule has 0 saturated carbocycles. The molecule has 0 aromatic carbocycles. The molecule has 9 nitrogen and oxygen atoms in total. The van der Waals surface area contributed by atoms with Crippen molar-refractivity contribution >= 4 is 23.8 Å². The fourth-order valence-corrected chi connectivity index (χ4v) is 2.11. The van der Waals surface area contributed by atoms with E-state index in [9.17, 15) is 9.59 Å². The van der Waals surface area contributed by atoms with Gasteiger partial charge in [0.05, 0.1) is 31.2 Å². The number of amides is 3. The Morgan fingerprint density at radius 1 is 0.926 bits per heavy atom. The average Bonchev–Trinajstić information content (AvgIpc) is 2.63. The minimum Gasteiger partial charge on any atom is -0.450 e. The van der Waals surface area contributed by atoms with E-state index in [1.165, 1.54) is 0 Å². The number of hydrogen-bond acceptors (Lipinski definition) is 6. The van der Waals surface area contributed by atoms with Crippen molar-refractivity contribution < 1.29 is 19.1 Å². The van der Waals surface area contributed by atoms with E-state index in [1.807, 2.05) is 6.92 Å². The van der Waals surface area contributed by atoms with Crippen molar-refractivity contribution in [3.63, 3.8) is 0 Å². The molecule has 3 amide bonds. The van der Waals surface area contributed by atoms with Gasteiger partial charge in [0.25, 0.3) is 0 Å². The summed E-state index contributed by atoms with van der Waals surface area (Å²) in [4.78, 5) is 31.6. The van der Waals surface area contributed by atoms with E-state index in [4.69, 9.17) is 9.47 Å². The molecule has 0 aliphatic carbocycles. The van der Waals surface area contributed by atoms with E-state index >= 15 is 0 Å². The molecule has 0 bridgehead atoms. The summed E-state index contributed by atoms with van der Waals surface area (Å²) < 4.78 is 10.4. The molecule has 0 spiro atoms. The zero-order valence-corrected chi connectivity index (χ0v) is 15.3. The molecule has 2 aromatic rings. The number of carbonyl (C=O) groups is 2. The van der Waals surface area contributed by atoms with Crippen LogP contribution in [-0.2, 0) is 22.7 Å². The lowest BCUT2D eigenvalue weighted by Crippen LogP contribution is -2.28. The summed E-state index contributed by atoms with van der Waals surface area (Å²) in [6.07, 6.45) is -0.552. The van der Waals surface area contributed by atoms with Crippen molar-refractivity contribution in [2.75, 3.05) is 23.8 Å². The Morgan fingerprint density at radius 3 is 2.07 bits per heavy atom. The Balaban J connectivity index is 1.85. The third-order valence-electron chi connectivity index (χ3n) is 3.20. The van der Waals surface area contributed by atoms with Gasteiger partial charge in [-0.05, 0) is 38.1 Å². The molecule has 0 aliphatic rings. The molecule has 0 atom stereocenters. The van der Waals surface area contributed by atoms with Crippen LogP contribution in [0.2, 0.25) is 0 Å². The lowest BCUT2D eigenvalue weighted by molar-refractivity contribution is 0.102. The topological polar surface area (TPSA) is 114 Å². The standard InChI is InChI=1S/C18H23N5O4/c1-3-19-17(24)22-15-9-5-7-13(20-15)11-26-12-14-8-6-10-16(21-14)23-18(25)27-4-2/h5-10H,3-4,11-12H2,1-2H3,(H,21,23,25)(H2,19,20,22,24). The highest BCUT2D eigenvalue weighted by Crippen LogP contribution is 2.09. The second-order valence-corrected chi connectivity index (χ2v) is 5.35. The molecule has 0 radical (unpaired) electrons. The number of nitrogens with zero attached hydrogens (tertiary/aromatic N) is 2. The summed E-state index contributed by atoms with van der Waals surface area (Å²) >= 11 is 0. The maximum atomic E-state index is 11.5. The first kappa shape index (κ1) is 20.1. The Morgan fingerprint density at radius 2 is 1.52 bits per heavy atom. The van der Waals surface area contributed by atoms with Crippen LogP contribution in [0, 0.1) is 0 Å².